The van der Waals surface area contributed by atoms with Crippen LogP contribution in [0.1, 0.15) is 74.1 Å². The van der Waals surface area contributed by atoms with Crippen molar-refractivity contribution >= 4 is 11.9 Å². The lowest BCUT2D eigenvalue weighted by molar-refractivity contribution is -0.159. The highest BCUT2D eigenvalue weighted by molar-refractivity contribution is 5.77. The summed E-state index contributed by atoms with van der Waals surface area (Å²) in [5.41, 5.74) is -1.04. The van der Waals surface area contributed by atoms with E-state index in [0.29, 0.717) is 6.42 Å². The normalized spacial score (nSPS) is 26.1. The third-order valence-corrected chi connectivity index (χ3v) is 5.90. The molecule has 0 aromatic heterocycles. The van der Waals surface area contributed by atoms with Crippen LogP contribution in [0.15, 0.2) is 12.2 Å². The lowest BCUT2D eigenvalue weighted by Crippen LogP contribution is -2.62. The summed E-state index contributed by atoms with van der Waals surface area (Å²) in [4.78, 5) is 24.8. The Balaban J connectivity index is 3.16. The molecule has 0 radical (unpaired) electrons. The van der Waals surface area contributed by atoms with Crippen LogP contribution >= 0.6 is 0 Å². The monoisotopic (exact) mass is 396 g/mol. The number of methoxy groups -OCH3 is 1. The number of hydrogen-bond donors (Lipinski definition) is 2. The molecule has 0 unspecified atom stereocenters. The molecule has 1 aliphatic rings. The Morgan fingerprint density at radius 3 is 2.39 bits per heavy atom. The molecule has 0 saturated carbocycles. The fourth-order valence-corrected chi connectivity index (χ4v) is 3.93. The van der Waals surface area contributed by atoms with Crippen molar-refractivity contribution in [1.82, 2.24) is 10.6 Å². The Labute approximate surface area is 170 Å². The third-order valence-electron chi connectivity index (χ3n) is 5.90. The van der Waals surface area contributed by atoms with Crippen LogP contribution in [0.4, 0.5) is 0 Å². The van der Waals surface area contributed by atoms with Crippen LogP contribution in [-0.2, 0) is 19.1 Å². The van der Waals surface area contributed by atoms with Crippen LogP contribution in [0, 0.1) is 5.92 Å². The van der Waals surface area contributed by atoms with Gasteiger partial charge in [-0.15, -0.1) is 0 Å². The van der Waals surface area contributed by atoms with Gasteiger partial charge in [0.25, 0.3) is 0 Å². The molecular weight excluding hydrogens is 356 g/mol. The van der Waals surface area contributed by atoms with E-state index in [1.165, 1.54) is 6.92 Å². The molecule has 1 saturated heterocycles. The Hall–Kier alpha value is -1.40. The fourth-order valence-electron chi connectivity index (χ4n) is 3.93. The Kier molecular flexibility index (Phi) is 9.15. The summed E-state index contributed by atoms with van der Waals surface area (Å²) in [6.45, 7) is 13.5. The third kappa shape index (κ3) is 6.31. The summed E-state index contributed by atoms with van der Waals surface area (Å²) >= 11 is 0. The first kappa shape index (κ1) is 24.6. The number of allylic oxidation sites excluding steroid dienone is 1. The molecular formula is C22H40N2O4. The summed E-state index contributed by atoms with van der Waals surface area (Å²) in [5.74, 6) is -0.251. The SMILES string of the molecule is C/C=C\[C@@H]1C[C@H](C(=O)OC(C)(C)CC)N[C@H]1[C@@H](NC(C)=O)[C@](C)(CCC)OC. The molecule has 1 aliphatic heterocycles. The number of carbonyl (C=O) groups is 2. The molecule has 1 rings (SSSR count). The maximum Gasteiger partial charge on any atom is 0.323 e. The van der Waals surface area contributed by atoms with E-state index in [4.69, 9.17) is 9.47 Å². The first-order chi connectivity index (χ1) is 13.0. The van der Waals surface area contributed by atoms with Crippen molar-refractivity contribution in [2.75, 3.05) is 7.11 Å². The van der Waals surface area contributed by atoms with E-state index < -0.39 is 17.2 Å². The molecule has 28 heavy (non-hydrogen) atoms. The molecule has 0 aliphatic carbocycles. The van der Waals surface area contributed by atoms with Crippen LogP contribution in [0.2, 0.25) is 0 Å². The number of hydrogen-bond acceptors (Lipinski definition) is 5. The van der Waals surface area contributed by atoms with E-state index in [0.717, 1.165) is 19.3 Å². The molecule has 0 bridgehead atoms. The summed E-state index contributed by atoms with van der Waals surface area (Å²) in [5, 5.41) is 6.55. The minimum Gasteiger partial charge on any atom is -0.459 e. The molecule has 6 nitrogen and oxygen atoms in total. The number of ether oxygens (including phenoxy) is 2. The number of amides is 1. The van der Waals surface area contributed by atoms with Gasteiger partial charge in [0.2, 0.25) is 5.91 Å². The van der Waals surface area contributed by atoms with Crippen LogP contribution < -0.4 is 10.6 Å². The van der Waals surface area contributed by atoms with Gasteiger partial charge in [0.05, 0.1) is 11.6 Å². The highest BCUT2D eigenvalue weighted by atomic mass is 16.6. The van der Waals surface area contributed by atoms with Crippen LogP contribution in [0.25, 0.3) is 0 Å². The maximum atomic E-state index is 12.8. The smallest absolute Gasteiger partial charge is 0.323 e. The van der Waals surface area contributed by atoms with Crippen LogP contribution in [0.5, 0.6) is 0 Å². The summed E-state index contributed by atoms with van der Waals surface area (Å²) in [6.07, 6.45) is 7.21. The van der Waals surface area contributed by atoms with E-state index in [1.54, 1.807) is 7.11 Å². The van der Waals surface area contributed by atoms with Gasteiger partial charge < -0.3 is 14.8 Å². The van der Waals surface area contributed by atoms with Gasteiger partial charge in [-0.05, 0) is 52.9 Å². The van der Waals surface area contributed by atoms with E-state index in [-0.39, 0.29) is 29.9 Å². The standard InChI is InChI=1S/C22H40N2O4/c1-9-12-16-14-17(20(26)28-21(5,6)11-3)24-18(16)19(23-15(4)25)22(7,27-8)13-10-2/h9,12,16-19,24H,10-11,13-14H2,1-8H3,(H,23,25)/b12-9-/t16-,17-,18-,19-,22+/m1/s1. The topological polar surface area (TPSA) is 76.7 Å². The molecule has 5 atom stereocenters. The van der Waals surface area contributed by atoms with Gasteiger partial charge in [0, 0.05) is 20.1 Å². The highest BCUT2D eigenvalue weighted by Gasteiger charge is 2.48. The molecule has 0 aromatic rings. The largest absolute Gasteiger partial charge is 0.459 e. The molecule has 0 aromatic carbocycles. The number of carbonyl (C=O) groups excluding carboxylic acids is 2. The Morgan fingerprint density at radius 2 is 1.93 bits per heavy atom. The second kappa shape index (κ2) is 10.4. The zero-order valence-electron chi connectivity index (χ0n) is 18.9. The van der Waals surface area contributed by atoms with Crippen molar-refractivity contribution in [3.63, 3.8) is 0 Å². The van der Waals surface area contributed by atoms with E-state index >= 15 is 0 Å². The average Bonchev–Trinajstić information content (AvgIpc) is 3.03. The van der Waals surface area contributed by atoms with Gasteiger partial charge in [-0.3, -0.25) is 14.9 Å². The molecule has 1 fully saturated rings. The highest BCUT2D eigenvalue weighted by Crippen LogP contribution is 2.33. The summed E-state index contributed by atoms with van der Waals surface area (Å²) in [6, 6.07) is -0.803. The lowest BCUT2D eigenvalue weighted by Gasteiger charge is -2.41. The van der Waals surface area contributed by atoms with E-state index in [1.807, 2.05) is 40.7 Å². The Bertz CT molecular complexity index is 561. The Morgan fingerprint density at radius 1 is 1.29 bits per heavy atom. The lowest BCUT2D eigenvalue weighted by atomic mass is 9.81. The molecule has 1 heterocycles. The predicted molar refractivity (Wildman–Crippen MR) is 112 cm³/mol. The molecule has 6 heteroatoms. The first-order valence-corrected chi connectivity index (χ1v) is 10.5. The second-order valence-corrected chi connectivity index (χ2v) is 8.65. The summed E-state index contributed by atoms with van der Waals surface area (Å²) in [7, 11) is 1.68. The van der Waals surface area contributed by atoms with Crippen molar-refractivity contribution in [1.29, 1.82) is 0 Å². The quantitative estimate of drug-likeness (QED) is 0.437. The number of rotatable bonds is 10. The average molecular weight is 397 g/mol. The first-order valence-electron chi connectivity index (χ1n) is 10.5. The van der Waals surface area contributed by atoms with Crippen molar-refractivity contribution in [2.45, 2.75) is 103 Å². The zero-order chi connectivity index (χ0) is 21.5. The number of esters is 1. The minimum atomic E-state index is -0.542. The van der Waals surface area contributed by atoms with Gasteiger partial charge in [0.1, 0.15) is 11.6 Å². The molecule has 162 valence electrons. The van der Waals surface area contributed by atoms with Crippen molar-refractivity contribution in [2.24, 2.45) is 5.92 Å². The minimum absolute atomic E-state index is 0.0930. The predicted octanol–water partition coefficient (Wildman–Crippen LogP) is 3.35. The zero-order valence-corrected chi connectivity index (χ0v) is 18.9. The van der Waals surface area contributed by atoms with Gasteiger partial charge in [-0.25, -0.2) is 0 Å². The second-order valence-electron chi connectivity index (χ2n) is 8.65. The fraction of sp³-hybridized carbons (Fsp3) is 0.818. The van der Waals surface area contributed by atoms with Gasteiger partial charge in [-0.2, -0.15) is 0 Å². The summed E-state index contributed by atoms with van der Waals surface area (Å²) < 4.78 is 11.6. The van der Waals surface area contributed by atoms with Crippen LogP contribution in [0.3, 0.4) is 0 Å². The van der Waals surface area contributed by atoms with Gasteiger partial charge in [0.15, 0.2) is 0 Å². The number of nitrogens with one attached hydrogen (secondary N) is 2. The molecule has 1 amide bonds. The van der Waals surface area contributed by atoms with Crippen molar-refractivity contribution in [3.8, 4) is 0 Å². The van der Waals surface area contributed by atoms with Gasteiger partial charge >= 0.3 is 5.97 Å². The maximum absolute atomic E-state index is 12.8. The molecule has 0 spiro atoms. The van der Waals surface area contributed by atoms with E-state index in [9.17, 15) is 9.59 Å². The van der Waals surface area contributed by atoms with E-state index in [2.05, 4.69) is 23.6 Å². The van der Waals surface area contributed by atoms with Crippen molar-refractivity contribution < 1.29 is 19.1 Å². The van der Waals surface area contributed by atoms with Crippen molar-refractivity contribution in [3.05, 3.63) is 12.2 Å². The van der Waals surface area contributed by atoms with Crippen LogP contribution in [-0.4, -0.2) is 48.3 Å². The van der Waals surface area contributed by atoms with Gasteiger partial charge in [-0.1, -0.05) is 32.4 Å². The molecule has 2 N–H and O–H groups in total.